The van der Waals surface area contributed by atoms with E-state index in [0.29, 0.717) is 11.6 Å². The molecule has 20 heavy (non-hydrogen) atoms. The van der Waals surface area contributed by atoms with Crippen molar-refractivity contribution in [1.29, 1.82) is 0 Å². The lowest BCUT2D eigenvalue weighted by molar-refractivity contribution is -0.120. The summed E-state index contributed by atoms with van der Waals surface area (Å²) in [6.45, 7) is 0. The number of phenols is 1. The third kappa shape index (κ3) is 3.70. The van der Waals surface area contributed by atoms with Crippen LogP contribution in [0.15, 0.2) is 29.4 Å². The number of rotatable bonds is 6. The average Bonchev–Trinajstić information content (AvgIpc) is 2.92. The molecule has 0 saturated heterocycles. The molecular formula is C12H15N5O2S. The van der Waals surface area contributed by atoms with E-state index >= 15 is 0 Å². The molecule has 1 aromatic heterocycles. The standard InChI is InChI=1S/C12H15N5O2S/c1-13-11(19)3-2-8-20-12-14-15-16-17(12)9-4-6-10(18)7-5-9/h4-7,18H,2-3,8H2,1H3,(H,13,19). The van der Waals surface area contributed by atoms with Crippen molar-refractivity contribution < 1.29 is 9.90 Å². The van der Waals surface area contributed by atoms with E-state index in [1.54, 1.807) is 36.0 Å². The van der Waals surface area contributed by atoms with Crippen molar-refractivity contribution in [3.05, 3.63) is 24.3 Å². The van der Waals surface area contributed by atoms with Crippen LogP contribution in [-0.2, 0) is 4.79 Å². The predicted molar refractivity (Wildman–Crippen MR) is 74.8 cm³/mol. The van der Waals surface area contributed by atoms with E-state index in [-0.39, 0.29) is 11.7 Å². The van der Waals surface area contributed by atoms with Crippen LogP contribution in [0.25, 0.3) is 5.69 Å². The second-order valence-electron chi connectivity index (χ2n) is 4.01. The van der Waals surface area contributed by atoms with Crippen LogP contribution in [0.3, 0.4) is 0 Å². The summed E-state index contributed by atoms with van der Waals surface area (Å²) in [6.07, 6.45) is 1.25. The Hall–Kier alpha value is -2.09. The third-order valence-corrected chi connectivity index (χ3v) is 3.60. The molecule has 0 spiro atoms. The van der Waals surface area contributed by atoms with Crippen molar-refractivity contribution >= 4 is 17.7 Å². The summed E-state index contributed by atoms with van der Waals surface area (Å²) in [5, 5.41) is 24.0. The SMILES string of the molecule is CNC(=O)CCCSc1nnnn1-c1ccc(O)cc1. The fourth-order valence-electron chi connectivity index (χ4n) is 1.55. The first-order valence-electron chi connectivity index (χ1n) is 6.12. The molecule has 0 unspecified atom stereocenters. The summed E-state index contributed by atoms with van der Waals surface area (Å²) in [6, 6.07) is 6.63. The van der Waals surface area contributed by atoms with Crippen LogP contribution in [0.1, 0.15) is 12.8 Å². The van der Waals surface area contributed by atoms with Gasteiger partial charge in [-0.15, -0.1) is 5.10 Å². The highest BCUT2D eigenvalue weighted by Crippen LogP contribution is 2.20. The minimum absolute atomic E-state index is 0.0312. The maximum atomic E-state index is 11.1. The first-order valence-corrected chi connectivity index (χ1v) is 7.10. The van der Waals surface area contributed by atoms with Gasteiger partial charge in [-0.2, -0.15) is 4.68 Å². The molecular weight excluding hydrogens is 278 g/mol. The Labute approximate surface area is 120 Å². The van der Waals surface area contributed by atoms with E-state index in [1.807, 2.05) is 0 Å². The van der Waals surface area contributed by atoms with Gasteiger partial charge in [-0.3, -0.25) is 4.79 Å². The van der Waals surface area contributed by atoms with Crippen molar-refractivity contribution in [2.45, 2.75) is 18.0 Å². The molecule has 1 heterocycles. The second-order valence-corrected chi connectivity index (χ2v) is 5.08. The summed E-state index contributed by atoms with van der Waals surface area (Å²) in [7, 11) is 1.63. The normalized spacial score (nSPS) is 10.4. The zero-order valence-corrected chi connectivity index (χ0v) is 11.8. The number of aromatic nitrogens is 4. The van der Waals surface area contributed by atoms with Crippen LogP contribution in [0.4, 0.5) is 0 Å². The molecule has 0 fully saturated rings. The Kier molecular flexibility index (Phi) is 4.94. The van der Waals surface area contributed by atoms with Crippen LogP contribution in [0.2, 0.25) is 0 Å². The molecule has 106 valence electrons. The van der Waals surface area contributed by atoms with Crippen molar-refractivity contribution in [2.75, 3.05) is 12.8 Å². The number of tetrazole rings is 1. The van der Waals surface area contributed by atoms with Crippen molar-refractivity contribution in [2.24, 2.45) is 0 Å². The van der Waals surface area contributed by atoms with Gasteiger partial charge in [0, 0.05) is 19.2 Å². The van der Waals surface area contributed by atoms with Gasteiger partial charge < -0.3 is 10.4 Å². The van der Waals surface area contributed by atoms with Crippen LogP contribution in [0.5, 0.6) is 5.75 Å². The van der Waals surface area contributed by atoms with Crippen molar-refractivity contribution in [3.8, 4) is 11.4 Å². The quantitative estimate of drug-likeness (QED) is 0.609. The molecule has 1 amide bonds. The topological polar surface area (TPSA) is 92.9 Å². The van der Waals surface area contributed by atoms with E-state index in [2.05, 4.69) is 20.8 Å². The van der Waals surface area contributed by atoms with E-state index in [9.17, 15) is 9.90 Å². The summed E-state index contributed by atoms with van der Waals surface area (Å²) in [4.78, 5) is 11.1. The zero-order valence-electron chi connectivity index (χ0n) is 11.0. The Balaban J connectivity index is 1.95. The summed E-state index contributed by atoms with van der Waals surface area (Å²) < 4.78 is 1.60. The van der Waals surface area contributed by atoms with E-state index < -0.39 is 0 Å². The number of benzene rings is 1. The highest BCUT2D eigenvalue weighted by molar-refractivity contribution is 7.99. The number of nitrogens with one attached hydrogen (secondary N) is 1. The second kappa shape index (κ2) is 6.90. The van der Waals surface area contributed by atoms with Crippen LogP contribution in [0, 0.1) is 0 Å². The van der Waals surface area contributed by atoms with Gasteiger partial charge in [0.2, 0.25) is 11.1 Å². The average molecular weight is 293 g/mol. The Morgan fingerprint density at radius 1 is 1.40 bits per heavy atom. The van der Waals surface area contributed by atoms with Gasteiger partial charge in [0.05, 0.1) is 5.69 Å². The third-order valence-electron chi connectivity index (χ3n) is 2.59. The number of hydrogen-bond acceptors (Lipinski definition) is 6. The van der Waals surface area contributed by atoms with Gasteiger partial charge in [-0.1, -0.05) is 11.8 Å². The Morgan fingerprint density at radius 3 is 2.85 bits per heavy atom. The number of nitrogens with zero attached hydrogens (tertiary/aromatic N) is 4. The number of thioether (sulfide) groups is 1. The van der Waals surface area contributed by atoms with Crippen LogP contribution in [-0.4, -0.2) is 44.0 Å². The minimum atomic E-state index is 0.0312. The van der Waals surface area contributed by atoms with Crippen LogP contribution < -0.4 is 5.32 Å². The largest absolute Gasteiger partial charge is 0.508 e. The molecule has 0 aliphatic heterocycles. The van der Waals surface area contributed by atoms with Crippen molar-refractivity contribution in [1.82, 2.24) is 25.5 Å². The zero-order chi connectivity index (χ0) is 14.4. The molecule has 2 N–H and O–H groups in total. The molecule has 0 aliphatic carbocycles. The summed E-state index contributed by atoms with van der Waals surface area (Å²) in [5.41, 5.74) is 0.779. The Morgan fingerprint density at radius 2 is 2.15 bits per heavy atom. The molecule has 0 bridgehead atoms. The minimum Gasteiger partial charge on any atom is -0.508 e. The fraction of sp³-hybridized carbons (Fsp3) is 0.333. The number of carbonyl (C=O) groups excluding carboxylic acids is 1. The highest BCUT2D eigenvalue weighted by Gasteiger charge is 2.09. The lowest BCUT2D eigenvalue weighted by Crippen LogP contribution is -2.17. The van der Waals surface area contributed by atoms with Gasteiger partial charge in [0.25, 0.3) is 0 Å². The molecule has 0 radical (unpaired) electrons. The molecule has 7 nitrogen and oxygen atoms in total. The first-order chi connectivity index (χ1) is 9.70. The highest BCUT2D eigenvalue weighted by atomic mass is 32.2. The fourth-order valence-corrected chi connectivity index (χ4v) is 2.38. The van der Waals surface area contributed by atoms with E-state index in [0.717, 1.165) is 17.9 Å². The van der Waals surface area contributed by atoms with Gasteiger partial charge in [0.15, 0.2) is 0 Å². The molecule has 0 saturated carbocycles. The number of carbonyl (C=O) groups is 1. The molecule has 1 aromatic carbocycles. The van der Waals surface area contributed by atoms with Gasteiger partial charge in [-0.05, 0) is 41.1 Å². The predicted octanol–water partition coefficient (Wildman–Crippen LogP) is 0.986. The summed E-state index contributed by atoms with van der Waals surface area (Å²) >= 11 is 1.49. The number of amides is 1. The molecule has 2 rings (SSSR count). The number of phenolic OH excluding ortho intramolecular Hbond substituents is 1. The van der Waals surface area contributed by atoms with Crippen molar-refractivity contribution in [3.63, 3.8) is 0 Å². The number of hydrogen-bond donors (Lipinski definition) is 2. The monoisotopic (exact) mass is 293 g/mol. The molecule has 8 heteroatoms. The Bertz CT molecular complexity index is 569. The lowest BCUT2D eigenvalue weighted by Gasteiger charge is -2.04. The van der Waals surface area contributed by atoms with E-state index in [1.165, 1.54) is 11.8 Å². The van der Waals surface area contributed by atoms with Gasteiger partial charge >= 0.3 is 0 Å². The molecule has 0 aliphatic rings. The van der Waals surface area contributed by atoms with Gasteiger partial charge in [0.1, 0.15) is 5.75 Å². The van der Waals surface area contributed by atoms with Gasteiger partial charge in [-0.25, -0.2) is 0 Å². The number of aromatic hydroxyl groups is 1. The molecule has 2 aromatic rings. The smallest absolute Gasteiger partial charge is 0.219 e. The lowest BCUT2D eigenvalue weighted by atomic mass is 10.3. The molecule has 0 atom stereocenters. The first kappa shape index (κ1) is 14.3. The maximum Gasteiger partial charge on any atom is 0.219 e. The summed E-state index contributed by atoms with van der Waals surface area (Å²) in [5.74, 6) is 0.983. The van der Waals surface area contributed by atoms with E-state index in [4.69, 9.17) is 0 Å². The maximum absolute atomic E-state index is 11.1. The van der Waals surface area contributed by atoms with Crippen LogP contribution >= 0.6 is 11.8 Å².